The second kappa shape index (κ2) is 8.59. The number of piperidine rings is 1. The number of nitrogens with one attached hydrogen (secondary N) is 1. The number of carbonyl (C=O) groups excluding carboxylic acids is 2. The minimum atomic E-state index is -0.545. The van der Waals surface area contributed by atoms with Crippen LogP contribution < -0.4 is 19.7 Å². The Bertz CT molecular complexity index is 921. The fourth-order valence-corrected chi connectivity index (χ4v) is 3.17. The standard InChI is InChI=1S/C20H21N3O6/c1-28-15-8-13(9-16(11-15)29-2)12-21-17-7-6-14(10-18(17)23(26)27)22-19(24)4-3-5-20(22)25/h6-11,21H,3-5,12H2,1-2H3. The maximum absolute atomic E-state index is 12.1. The van der Waals surface area contributed by atoms with Gasteiger partial charge in [-0.1, -0.05) is 0 Å². The lowest BCUT2D eigenvalue weighted by molar-refractivity contribution is -0.383. The third-order valence-electron chi connectivity index (χ3n) is 4.61. The molecule has 0 unspecified atom stereocenters. The molecule has 9 heteroatoms. The average Bonchev–Trinajstić information content (AvgIpc) is 2.72. The molecular formula is C20H21N3O6. The van der Waals surface area contributed by atoms with E-state index in [4.69, 9.17) is 9.47 Å². The zero-order chi connectivity index (χ0) is 21.0. The van der Waals surface area contributed by atoms with Gasteiger partial charge in [-0.25, -0.2) is 0 Å². The number of rotatable bonds is 7. The molecule has 29 heavy (non-hydrogen) atoms. The van der Waals surface area contributed by atoms with Crippen LogP contribution in [-0.4, -0.2) is 31.0 Å². The fourth-order valence-electron chi connectivity index (χ4n) is 3.17. The number of ether oxygens (including phenoxy) is 2. The zero-order valence-electron chi connectivity index (χ0n) is 16.1. The van der Waals surface area contributed by atoms with Gasteiger partial charge in [0, 0.05) is 31.5 Å². The number of carbonyl (C=O) groups is 2. The highest BCUT2D eigenvalue weighted by Gasteiger charge is 2.29. The number of nitro benzene ring substituents is 1. The molecule has 1 heterocycles. The molecular weight excluding hydrogens is 378 g/mol. The van der Waals surface area contributed by atoms with Gasteiger partial charge in [0.15, 0.2) is 0 Å². The Labute approximate surface area is 167 Å². The van der Waals surface area contributed by atoms with Crippen LogP contribution in [0.1, 0.15) is 24.8 Å². The van der Waals surface area contributed by atoms with Crippen LogP contribution in [0, 0.1) is 10.1 Å². The molecule has 1 N–H and O–H groups in total. The number of anilines is 2. The molecule has 9 nitrogen and oxygen atoms in total. The summed E-state index contributed by atoms with van der Waals surface area (Å²) < 4.78 is 10.5. The summed E-state index contributed by atoms with van der Waals surface area (Å²) in [6, 6.07) is 9.59. The van der Waals surface area contributed by atoms with Gasteiger partial charge in [0.25, 0.3) is 5.69 Å². The van der Waals surface area contributed by atoms with Gasteiger partial charge in [0.1, 0.15) is 17.2 Å². The summed E-state index contributed by atoms with van der Waals surface area (Å²) in [5.74, 6) is 0.515. The Balaban J connectivity index is 1.86. The number of nitro groups is 1. The van der Waals surface area contributed by atoms with Crippen LogP contribution in [0.3, 0.4) is 0 Å². The van der Waals surface area contributed by atoms with Crippen LogP contribution in [0.25, 0.3) is 0 Å². The normalized spacial score (nSPS) is 13.9. The van der Waals surface area contributed by atoms with Gasteiger partial charge in [0.2, 0.25) is 11.8 Å². The molecule has 152 valence electrons. The van der Waals surface area contributed by atoms with E-state index in [2.05, 4.69) is 5.32 Å². The average molecular weight is 399 g/mol. The Hall–Kier alpha value is -3.62. The highest BCUT2D eigenvalue weighted by Crippen LogP contribution is 2.32. The predicted octanol–water partition coefficient (Wildman–Crippen LogP) is 3.27. The molecule has 0 saturated carbocycles. The smallest absolute Gasteiger partial charge is 0.294 e. The van der Waals surface area contributed by atoms with E-state index in [9.17, 15) is 19.7 Å². The lowest BCUT2D eigenvalue weighted by Crippen LogP contribution is -2.40. The molecule has 2 amide bonds. The number of methoxy groups -OCH3 is 2. The van der Waals surface area contributed by atoms with Crippen LogP contribution >= 0.6 is 0 Å². The number of amides is 2. The molecule has 2 aromatic rings. The van der Waals surface area contributed by atoms with Crippen LogP contribution in [-0.2, 0) is 16.1 Å². The molecule has 2 aromatic carbocycles. The van der Waals surface area contributed by atoms with Crippen molar-refractivity contribution in [1.29, 1.82) is 0 Å². The van der Waals surface area contributed by atoms with Crippen molar-refractivity contribution in [2.75, 3.05) is 24.4 Å². The number of imide groups is 1. The van der Waals surface area contributed by atoms with E-state index >= 15 is 0 Å². The van der Waals surface area contributed by atoms with Crippen molar-refractivity contribution in [1.82, 2.24) is 0 Å². The largest absolute Gasteiger partial charge is 0.497 e. The van der Waals surface area contributed by atoms with E-state index in [1.165, 1.54) is 18.2 Å². The van der Waals surface area contributed by atoms with Gasteiger partial charge in [-0.05, 0) is 36.2 Å². The fraction of sp³-hybridized carbons (Fsp3) is 0.300. The molecule has 1 fully saturated rings. The molecule has 1 aliphatic rings. The Morgan fingerprint density at radius 2 is 1.66 bits per heavy atom. The molecule has 0 atom stereocenters. The van der Waals surface area contributed by atoms with Gasteiger partial charge in [0.05, 0.1) is 24.8 Å². The molecule has 0 radical (unpaired) electrons. The molecule has 0 spiro atoms. The maximum atomic E-state index is 12.1. The van der Waals surface area contributed by atoms with Crippen molar-refractivity contribution >= 4 is 28.9 Å². The molecule has 3 rings (SSSR count). The zero-order valence-corrected chi connectivity index (χ0v) is 16.1. The summed E-state index contributed by atoms with van der Waals surface area (Å²) in [4.78, 5) is 36.2. The van der Waals surface area contributed by atoms with Gasteiger partial charge in [-0.2, -0.15) is 0 Å². The van der Waals surface area contributed by atoms with Crippen LogP contribution in [0.5, 0.6) is 11.5 Å². The van der Waals surface area contributed by atoms with Gasteiger partial charge >= 0.3 is 0 Å². The second-order valence-corrected chi connectivity index (χ2v) is 6.51. The third kappa shape index (κ3) is 4.45. The number of hydrogen-bond acceptors (Lipinski definition) is 7. The predicted molar refractivity (Wildman–Crippen MR) is 106 cm³/mol. The quantitative estimate of drug-likeness (QED) is 0.432. The first-order valence-corrected chi connectivity index (χ1v) is 9.03. The Morgan fingerprint density at radius 3 is 2.21 bits per heavy atom. The minimum absolute atomic E-state index is 0.208. The van der Waals surface area contributed by atoms with E-state index in [0.717, 1.165) is 10.5 Å². The molecule has 1 aliphatic heterocycles. The monoisotopic (exact) mass is 399 g/mol. The van der Waals surface area contributed by atoms with E-state index < -0.39 is 4.92 Å². The van der Waals surface area contributed by atoms with Crippen LogP contribution in [0.4, 0.5) is 17.1 Å². The first kappa shape index (κ1) is 20.1. The summed E-state index contributed by atoms with van der Waals surface area (Å²) in [5, 5.41) is 14.6. The van der Waals surface area contributed by atoms with Crippen molar-refractivity contribution < 1.29 is 24.0 Å². The highest BCUT2D eigenvalue weighted by molar-refractivity contribution is 6.16. The molecule has 0 aromatic heterocycles. The third-order valence-corrected chi connectivity index (χ3v) is 4.61. The van der Waals surface area contributed by atoms with E-state index in [0.29, 0.717) is 17.9 Å². The summed E-state index contributed by atoms with van der Waals surface area (Å²) in [6.07, 6.45) is 0.994. The summed E-state index contributed by atoms with van der Waals surface area (Å²) in [6.45, 7) is 0.287. The molecule has 1 saturated heterocycles. The number of hydrogen-bond donors (Lipinski definition) is 1. The Kier molecular flexibility index (Phi) is 5.96. The number of benzene rings is 2. The molecule has 0 bridgehead atoms. The summed E-state index contributed by atoms with van der Waals surface area (Å²) >= 11 is 0. The van der Waals surface area contributed by atoms with Gasteiger partial charge in [-0.3, -0.25) is 24.6 Å². The lowest BCUT2D eigenvalue weighted by Gasteiger charge is -2.25. The van der Waals surface area contributed by atoms with E-state index in [-0.39, 0.29) is 48.3 Å². The summed E-state index contributed by atoms with van der Waals surface area (Å²) in [5.41, 5.74) is 1.07. The van der Waals surface area contributed by atoms with Crippen LogP contribution in [0.15, 0.2) is 36.4 Å². The number of nitrogens with zero attached hydrogens (tertiary/aromatic N) is 2. The van der Waals surface area contributed by atoms with E-state index in [1.54, 1.807) is 32.4 Å². The van der Waals surface area contributed by atoms with E-state index in [1.807, 2.05) is 0 Å². The first-order chi connectivity index (χ1) is 13.9. The van der Waals surface area contributed by atoms with Crippen molar-refractivity contribution in [2.45, 2.75) is 25.8 Å². The van der Waals surface area contributed by atoms with Crippen LogP contribution in [0.2, 0.25) is 0 Å². The highest BCUT2D eigenvalue weighted by atomic mass is 16.6. The topological polar surface area (TPSA) is 111 Å². The van der Waals surface area contributed by atoms with Crippen molar-refractivity contribution in [3.8, 4) is 11.5 Å². The van der Waals surface area contributed by atoms with Gasteiger partial charge in [-0.15, -0.1) is 0 Å². The van der Waals surface area contributed by atoms with Crippen molar-refractivity contribution in [2.24, 2.45) is 0 Å². The van der Waals surface area contributed by atoms with Gasteiger partial charge < -0.3 is 14.8 Å². The lowest BCUT2D eigenvalue weighted by atomic mass is 10.1. The maximum Gasteiger partial charge on any atom is 0.294 e. The first-order valence-electron chi connectivity index (χ1n) is 9.03. The minimum Gasteiger partial charge on any atom is -0.497 e. The van der Waals surface area contributed by atoms with Crippen molar-refractivity contribution in [3.63, 3.8) is 0 Å². The Morgan fingerprint density at radius 1 is 1.03 bits per heavy atom. The SMILES string of the molecule is COc1cc(CNc2ccc(N3C(=O)CCCC3=O)cc2[N+](=O)[O-])cc(OC)c1. The molecule has 0 aliphatic carbocycles. The van der Waals surface area contributed by atoms with Crippen molar-refractivity contribution in [3.05, 3.63) is 52.1 Å². The second-order valence-electron chi connectivity index (χ2n) is 6.51. The summed E-state index contributed by atoms with van der Waals surface area (Å²) in [7, 11) is 3.08.